The number of piperazine rings is 1. The summed E-state index contributed by atoms with van der Waals surface area (Å²) in [4.78, 5) is 31.0. The minimum Gasteiger partial charge on any atom is -0.492 e. The molecule has 0 atom stereocenters. The van der Waals surface area contributed by atoms with Gasteiger partial charge in [0, 0.05) is 37.3 Å². The largest absolute Gasteiger partial charge is 0.492 e. The predicted molar refractivity (Wildman–Crippen MR) is 143 cm³/mol. The van der Waals surface area contributed by atoms with Gasteiger partial charge in [-0.15, -0.1) is 0 Å². The van der Waals surface area contributed by atoms with Gasteiger partial charge in [-0.3, -0.25) is 14.5 Å². The van der Waals surface area contributed by atoms with Crippen LogP contribution in [0.3, 0.4) is 0 Å². The Labute approximate surface area is 210 Å². The molecule has 0 radical (unpaired) electrons. The van der Waals surface area contributed by atoms with E-state index in [1.807, 2.05) is 55.5 Å². The van der Waals surface area contributed by atoms with Crippen LogP contribution in [0.5, 0.6) is 5.75 Å². The molecule has 0 amide bonds. The number of anilines is 1. The lowest BCUT2D eigenvalue weighted by atomic mass is 10.0. The van der Waals surface area contributed by atoms with Gasteiger partial charge in [-0.05, 0) is 38.1 Å². The summed E-state index contributed by atoms with van der Waals surface area (Å²) < 4.78 is 12.0. The van der Waals surface area contributed by atoms with Crippen LogP contribution in [0.2, 0.25) is 0 Å². The summed E-state index contributed by atoms with van der Waals surface area (Å²) >= 11 is 0. The zero-order valence-electron chi connectivity index (χ0n) is 20.7. The molecule has 1 aliphatic rings. The maximum Gasteiger partial charge on any atom is 0.196 e. The fourth-order valence-electron chi connectivity index (χ4n) is 4.83. The van der Waals surface area contributed by atoms with Crippen LogP contribution in [0.4, 0.5) is 5.69 Å². The van der Waals surface area contributed by atoms with Gasteiger partial charge in [-0.25, -0.2) is 0 Å². The van der Waals surface area contributed by atoms with Gasteiger partial charge in [-0.2, -0.15) is 0 Å². The summed E-state index contributed by atoms with van der Waals surface area (Å²) in [7, 11) is 0. The minimum atomic E-state index is -0.105. The first-order valence-electron chi connectivity index (χ1n) is 12.4. The number of Topliss-reactive ketones (excluding diaryl/α,β-unsaturated/α-hetero) is 1. The normalized spacial score (nSPS) is 14.2. The van der Waals surface area contributed by atoms with Gasteiger partial charge in [0.1, 0.15) is 17.1 Å². The summed E-state index contributed by atoms with van der Waals surface area (Å²) in [6.45, 7) is 7.78. The zero-order valence-corrected chi connectivity index (χ0v) is 20.7. The van der Waals surface area contributed by atoms with Crippen molar-refractivity contribution in [3.8, 4) is 17.1 Å². The standard InChI is InChI=1S/C30H30N2O4/c1-3-35-27-15-8-7-14-25(27)32-18-16-31(17-19-32)20-26(33)23-12-9-13-24-28(34)21(2)29(36-30(23)24)22-10-5-4-6-11-22/h4-15H,3,16-20H2,1-2H3. The summed E-state index contributed by atoms with van der Waals surface area (Å²) in [5.74, 6) is 1.35. The lowest BCUT2D eigenvalue weighted by Crippen LogP contribution is -2.48. The SMILES string of the molecule is CCOc1ccccc1N1CCN(CC(=O)c2cccc3c(=O)c(C)c(-c4ccccc4)oc23)CC1. The van der Waals surface area contributed by atoms with Crippen LogP contribution in [0, 0.1) is 6.92 Å². The van der Waals surface area contributed by atoms with E-state index in [0.717, 1.165) is 43.2 Å². The number of fused-ring (bicyclic) bond motifs is 1. The van der Waals surface area contributed by atoms with Crippen molar-refractivity contribution in [1.29, 1.82) is 0 Å². The molecule has 0 N–H and O–H groups in total. The molecule has 0 bridgehead atoms. The Morgan fingerprint density at radius 2 is 1.64 bits per heavy atom. The smallest absolute Gasteiger partial charge is 0.196 e. The van der Waals surface area contributed by atoms with E-state index < -0.39 is 0 Å². The number of hydrogen-bond acceptors (Lipinski definition) is 6. The molecular weight excluding hydrogens is 452 g/mol. The number of carbonyl (C=O) groups excluding carboxylic acids is 1. The molecule has 184 valence electrons. The van der Waals surface area contributed by atoms with Crippen molar-refractivity contribution in [2.75, 3.05) is 44.2 Å². The van der Waals surface area contributed by atoms with E-state index in [0.29, 0.717) is 34.5 Å². The summed E-state index contributed by atoms with van der Waals surface area (Å²) in [6, 6.07) is 22.9. The van der Waals surface area contributed by atoms with E-state index in [1.54, 1.807) is 25.1 Å². The lowest BCUT2D eigenvalue weighted by Gasteiger charge is -2.36. The highest BCUT2D eigenvalue weighted by Crippen LogP contribution is 2.30. The van der Waals surface area contributed by atoms with E-state index in [1.165, 1.54) is 0 Å². The minimum absolute atomic E-state index is 0.0465. The molecule has 36 heavy (non-hydrogen) atoms. The molecule has 3 aromatic carbocycles. The molecule has 6 nitrogen and oxygen atoms in total. The monoisotopic (exact) mass is 482 g/mol. The average Bonchev–Trinajstić information content (AvgIpc) is 2.92. The van der Waals surface area contributed by atoms with Crippen LogP contribution in [0.1, 0.15) is 22.8 Å². The molecule has 1 aromatic heterocycles. The molecule has 6 heteroatoms. The molecule has 5 rings (SSSR count). The molecule has 2 heterocycles. The Balaban J connectivity index is 1.36. The van der Waals surface area contributed by atoms with E-state index in [9.17, 15) is 9.59 Å². The second-order valence-corrected chi connectivity index (χ2v) is 9.02. The Hall–Kier alpha value is -3.90. The van der Waals surface area contributed by atoms with Crippen molar-refractivity contribution >= 4 is 22.4 Å². The second kappa shape index (κ2) is 10.4. The Bertz CT molecular complexity index is 1440. The number of benzene rings is 3. The molecule has 1 saturated heterocycles. The van der Waals surface area contributed by atoms with Crippen LogP contribution in [0.25, 0.3) is 22.3 Å². The summed E-state index contributed by atoms with van der Waals surface area (Å²) in [5, 5.41) is 0.440. The molecule has 0 spiro atoms. The number of ketones is 1. The third kappa shape index (κ3) is 4.64. The van der Waals surface area contributed by atoms with E-state index in [4.69, 9.17) is 9.15 Å². The number of para-hydroxylation sites is 3. The van der Waals surface area contributed by atoms with Gasteiger partial charge < -0.3 is 14.1 Å². The molecule has 0 saturated carbocycles. The number of ether oxygens (including phenoxy) is 1. The highest BCUT2D eigenvalue weighted by atomic mass is 16.5. The van der Waals surface area contributed by atoms with Gasteiger partial charge in [0.15, 0.2) is 11.2 Å². The molecule has 4 aromatic rings. The first-order valence-corrected chi connectivity index (χ1v) is 12.4. The van der Waals surface area contributed by atoms with E-state index in [-0.39, 0.29) is 17.8 Å². The first kappa shape index (κ1) is 23.8. The number of nitrogens with zero attached hydrogens (tertiary/aromatic N) is 2. The van der Waals surface area contributed by atoms with Crippen molar-refractivity contribution in [3.63, 3.8) is 0 Å². The third-order valence-corrected chi connectivity index (χ3v) is 6.73. The molecular formula is C30H30N2O4. The van der Waals surface area contributed by atoms with Gasteiger partial charge in [0.05, 0.1) is 29.8 Å². The highest BCUT2D eigenvalue weighted by molar-refractivity contribution is 6.07. The maximum atomic E-state index is 13.4. The molecule has 0 unspecified atom stereocenters. The third-order valence-electron chi connectivity index (χ3n) is 6.73. The molecule has 1 aliphatic heterocycles. The lowest BCUT2D eigenvalue weighted by molar-refractivity contribution is 0.0927. The van der Waals surface area contributed by atoms with Crippen molar-refractivity contribution in [2.45, 2.75) is 13.8 Å². The second-order valence-electron chi connectivity index (χ2n) is 9.02. The van der Waals surface area contributed by atoms with Crippen molar-refractivity contribution < 1.29 is 13.9 Å². The first-order chi connectivity index (χ1) is 17.6. The number of rotatable bonds is 7. The van der Waals surface area contributed by atoms with Crippen molar-refractivity contribution in [2.24, 2.45) is 0 Å². The predicted octanol–water partition coefficient (Wildman–Crippen LogP) is 5.17. The van der Waals surface area contributed by atoms with Gasteiger partial charge in [-0.1, -0.05) is 48.5 Å². The van der Waals surface area contributed by atoms with Gasteiger partial charge in [0.25, 0.3) is 0 Å². The Kier molecular flexibility index (Phi) is 6.87. The topological polar surface area (TPSA) is 63.0 Å². The van der Waals surface area contributed by atoms with Gasteiger partial charge >= 0.3 is 0 Å². The molecule has 1 fully saturated rings. The Morgan fingerprint density at radius 1 is 0.917 bits per heavy atom. The van der Waals surface area contributed by atoms with Crippen molar-refractivity contribution in [1.82, 2.24) is 4.90 Å². The number of carbonyl (C=O) groups is 1. The van der Waals surface area contributed by atoms with E-state index in [2.05, 4.69) is 15.9 Å². The summed E-state index contributed by atoms with van der Waals surface area (Å²) in [5.41, 5.74) is 3.16. The average molecular weight is 483 g/mol. The molecule has 0 aliphatic carbocycles. The van der Waals surface area contributed by atoms with Crippen LogP contribution < -0.4 is 15.1 Å². The highest BCUT2D eigenvalue weighted by Gasteiger charge is 2.24. The van der Waals surface area contributed by atoms with Crippen LogP contribution in [-0.4, -0.2) is 50.0 Å². The maximum absolute atomic E-state index is 13.4. The summed E-state index contributed by atoms with van der Waals surface area (Å²) in [6.07, 6.45) is 0. The van der Waals surface area contributed by atoms with Crippen LogP contribution in [0.15, 0.2) is 82.0 Å². The Morgan fingerprint density at radius 3 is 2.39 bits per heavy atom. The number of hydrogen-bond donors (Lipinski definition) is 0. The fourth-order valence-corrected chi connectivity index (χ4v) is 4.83. The van der Waals surface area contributed by atoms with E-state index >= 15 is 0 Å². The van der Waals surface area contributed by atoms with Crippen LogP contribution >= 0.6 is 0 Å². The van der Waals surface area contributed by atoms with Crippen molar-refractivity contribution in [3.05, 3.63) is 94.1 Å². The quantitative estimate of drug-likeness (QED) is 0.339. The van der Waals surface area contributed by atoms with Gasteiger partial charge in [0.2, 0.25) is 0 Å². The zero-order chi connectivity index (χ0) is 25.1. The van der Waals surface area contributed by atoms with Crippen LogP contribution in [-0.2, 0) is 0 Å². The fraction of sp³-hybridized carbons (Fsp3) is 0.267.